The van der Waals surface area contributed by atoms with Gasteiger partial charge in [0.2, 0.25) is 0 Å². The van der Waals surface area contributed by atoms with Gasteiger partial charge in [0, 0.05) is 11.9 Å². The maximum absolute atomic E-state index is 10.1. The van der Waals surface area contributed by atoms with Crippen molar-refractivity contribution in [3.8, 4) is 0 Å². The van der Waals surface area contributed by atoms with Crippen LogP contribution in [0.1, 0.15) is 150 Å². The Kier molecular flexibility index (Phi) is 40.9. The first kappa shape index (κ1) is 36.9. The molecule has 0 saturated carbocycles. The van der Waals surface area contributed by atoms with Crippen LogP contribution in [0.25, 0.3) is 0 Å². The number of carboxylic acids is 2. The Bertz CT molecular complexity index is 303. The van der Waals surface area contributed by atoms with Gasteiger partial charge in [-0.2, -0.15) is 0 Å². The maximum Gasteiger partial charge on any atom is 2.00 e. The molecule has 0 aliphatic carbocycles. The zero-order valence-electron chi connectivity index (χ0n) is 19.5. The predicted molar refractivity (Wildman–Crippen MR) is 120 cm³/mol. The van der Waals surface area contributed by atoms with Gasteiger partial charge in [0.25, 0.3) is 0 Å². The van der Waals surface area contributed by atoms with Crippen LogP contribution in [0.5, 0.6) is 0 Å². The summed E-state index contributed by atoms with van der Waals surface area (Å²) in [6, 6.07) is 0. The van der Waals surface area contributed by atoms with E-state index in [0.717, 1.165) is 25.7 Å². The van der Waals surface area contributed by atoms with Crippen molar-refractivity contribution < 1.29 is 39.3 Å². The molecule has 30 heavy (non-hydrogen) atoms. The van der Waals surface area contributed by atoms with Crippen LogP contribution in [0.2, 0.25) is 0 Å². The molecule has 0 heterocycles. The molecule has 0 aromatic carbocycles. The van der Waals surface area contributed by atoms with E-state index in [9.17, 15) is 19.8 Å². The van der Waals surface area contributed by atoms with Crippen molar-refractivity contribution in [1.29, 1.82) is 0 Å². The first-order chi connectivity index (χ1) is 13.5. The molecule has 176 valence electrons. The molecule has 0 radical (unpaired) electrons. The van der Waals surface area contributed by atoms with Crippen LogP contribution in [-0.2, 0) is 29.1 Å². The van der Waals surface area contributed by atoms with Crippen molar-refractivity contribution in [3.05, 3.63) is 0 Å². The Morgan fingerprint density at radius 3 is 0.867 bits per heavy atom. The molecule has 0 spiro atoms. The SMILES string of the molecule is C.CCCCCCCCCCCC(=O)[O-].CCCCCCCCCCCC(=O)[O-].[Zn+2]. The molecular formula is C25H50O4Zn. The molecule has 0 bridgehead atoms. The molecule has 4 nitrogen and oxygen atoms in total. The summed E-state index contributed by atoms with van der Waals surface area (Å²) in [6.07, 6.45) is 22.3. The van der Waals surface area contributed by atoms with Crippen molar-refractivity contribution in [2.75, 3.05) is 0 Å². The molecule has 0 aliphatic rings. The second kappa shape index (κ2) is 33.2. The van der Waals surface area contributed by atoms with Gasteiger partial charge in [-0.1, -0.05) is 124 Å². The summed E-state index contributed by atoms with van der Waals surface area (Å²) in [5.74, 6) is -1.82. The average molecular weight is 480 g/mol. The Morgan fingerprint density at radius 1 is 0.467 bits per heavy atom. The quantitative estimate of drug-likeness (QED) is 0.160. The number of rotatable bonds is 20. The zero-order chi connectivity index (χ0) is 21.3. The molecule has 0 rings (SSSR count). The van der Waals surface area contributed by atoms with E-state index < -0.39 is 11.9 Å². The van der Waals surface area contributed by atoms with Gasteiger partial charge in [0.15, 0.2) is 0 Å². The fraction of sp³-hybridized carbons (Fsp3) is 0.920. The van der Waals surface area contributed by atoms with Crippen molar-refractivity contribution >= 4 is 11.9 Å². The van der Waals surface area contributed by atoms with Gasteiger partial charge in [-0.05, 0) is 25.7 Å². The molecule has 0 aliphatic heterocycles. The first-order valence-corrected chi connectivity index (χ1v) is 11.9. The summed E-state index contributed by atoms with van der Waals surface area (Å²) in [7, 11) is 0. The molecule has 0 saturated heterocycles. The molecule has 0 fully saturated rings. The van der Waals surface area contributed by atoms with Crippen LogP contribution >= 0.6 is 0 Å². The van der Waals surface area contributed by atoms with Gasteiger partial charge in [0.1, 0.15) is 0 Å². The minimum atomic E-state index is -0.909. The summed E-state index contributed by atoms with van der Waals surface area (Å²) in [5, 5.41) is 20.2. The number of hydrogen-bond acceptors (Lipinski definition) is 4. The number of unbranched alkanes of at least 4 members (excludes halogenated alkanes) is 16. The van der Waals surface area contributed by atoms with E-state index in [1.54, 1.807) is 0 Å². The zero-order valence-corrected chi connectivity index (χ0v) is 22.4. The molecule has 0 atom stereocenters. The monoisotopic (exact) mass is 478 g/mol. The maximum atomic E-state index is 10.1. The van der Waals surface area contributed by atoms with Crippen molar-refractivity contribution in [2.45, 2.75) is 150 Å². The third-order valence-electron chi connectivity index (χ3n) is 4.97. The molecule has 0 amide bonds. The van der Waals surface area contributed by atoms with Crippen molar-refractivity contribution in [3.63, 3.8) is 0 Å². The molecule has 0 aromatic heterocycles. The van der Waals surface area contributed by atoms with E-state index >= 15 is 0 Å². The Morgan fingerprint density at radius 2 is 0.667 bits per heavy atom. The summed E-state index contributed by atoms with van der Waals surface area (Å²) >= 11 is 0. The normalized spacial score (nSPS) is 9.67. The van der Waals surface area contributed by atoms with E-state index in [-0.39, 0.29) is 39.7 Å². The Labute approximate surface area is 200 Å². The second-order valence-electron chi connectivity index (χ2n) is 7.90. The summed E-state index contributed by atoms with van der Waals surface area (Å²) < 4.78 is 0. The van der Waals surface area contributed by atoms with E-state index in [1.807, 2.05) is 0 Å². The first-order valence-electron chi connectivity index (χ1n) is 11.9. The van der Waals surface area contributed by atoms with Gasteiger partial charge >= 0.3 is 19.5 Å². The fourth-order valence-electron chi connectivity index (χ4n) is 3.16. The fourth-order valence-corrected chi connectivity index (χ4v) is 3.16. The average Bonchev–Trinajstić information content (AvgIpc) is 2.65. The van der Waals surface area contributed by atoms with E-state index in [4.69, 9.17) is 0 Å². The van der Waals surface area contributed by atoms with Gasteiger partial charge in [-0.15, -0.1) is 0 Å². The topological polar surface area (TPSA) is 80.3 Å². The molecule has 0 unspecified atom stereocenters. The van der Waals surface area contributed by atoms with E-state index in [1.165, 1.54) is 89.9 Å². The van der Waals surface area contributed by atoms with Crippen LogP contribution < -0.4 is 10.2 Å². The van der Waals surface area contributed by atoms with Gasteiger partial charge in [-0.25, -0.2) is 0 Å². The molecule has 0 N–H and O–H groups in total. The molecular weight excluding hydrogens is 430 g/mol. The summed E-state index contributed by atoms with van der Waals surface area (Å²) in [4.78, 5) is 20.2. The van der Waals surface area contributed by atoms with Gasteiger partial charge in [-0.3, -0.25) is 0 Å². The number of hydrogen-bond donors (Lipinski definition) is 0. The third kappa shape index (κ3) is 41.8. The smallest absolute Gasteiger partial charge is 0.550 e. The van der Waals surface area contributed by atoms with Crippen LogP contribution in [0.15, 0.2) is 0 Å². The number of carboxylic acid groups (broad SMARTS) is 2. The number of carbonyl (C=O) groups is 2. The minimum Gasteiger partial charge on any atom is -0.550 e. The summed E-state index contributed by atoms with van der Waals surface area (Å²) in [5.41, 5.74) is 0. The molecule has 0 aromatic rings. The molecule has 5 heteroatoms. The van der Waals surface area contributed by atoms with Crippen molar-refractivity contribution in [2.24, 2.45) is 0 Å². The second-order valence-corrected chi connectivity index (χ2v) is 7.90. The third-order valence-corrected chi connectivity index (χ3v) is 4.97. The number of aliphatic carboxylic acids is 2. The Balaban J connectivity index is -0.000000211. The van der Waals surface area contributed by atoms with Gasteiger partial charge in [0.05, 0.1) is 0 Å². The van der Waals surface area contributed by atoms with Crippen molar-refractivity contribution in [1.82, 2.24) is 0 Å². The minimum absolute atomic E-state index is 0. The Hall–Kier alpha value is -0.437. The van der Waals surface area contributed by atoms with Crippen LogP contribution in [0.4, 0.5) is 0 Å². The van der Waals surface area contributed by atoms with Crippen LogP contribution in [0, 0.1) is 0 Å². The van der Waals surface area contributed by atoms with Crippen LogP contribution in [0.3, 0.4) is 0 Å². The van der Waals surface area contributed by atoms with E-state index in [2.05, 4.69) is 13.8 Å². The van der Waals surface area contributed by atoms with Gasteiger partial charge < -0.3 is 19.8 Å². The largest absolute Gasteiger partial charge is 2.00 e. The predicted octanol–water partition coefficient (Wildman–Crippen LogP) is 5.95. The van der Waals surface area contributed by atoms with E-state index in [0.29, 0.717) is 0 Å². The number of carbonyl (C=O) groups excluding carboxylic acids is 2. The van der Waals surface area contributed by atoms with Crippen LogP contribution in [-0.4, -0.2) is 11.9 Å². The standard InChI is InChI=1S/2C12H24O2.CH4.Zn/c2*1-2-3-4-5-6-7-8-9-10-11-12(13)14;;/h2*2-11H2,1H3,(H,13,14);1H4;/q;;;+2/p-2. The summed E-state index contributed by atoms with van der Waals surface area (Å²) in [6.45, 7) is 4.44.